The molecule has 2 heterocycles. The van der Waals surface area contributed by atoms with Gasteiger partial charge in [-0.25, -0.2) is 13.6 Å². The molecule has 36 heavy (non-hydrogen) atoms. The summed E-state index contributed by atoms with van der Waals surface area (Å²) < 4.78 is 69.0. The predicted octanol–water partition coefficient (Wildman–Crippen LogP) is 3.30. The molecule has 2 fully saturated rings. The predicted molar refractivity (Wildman–Crippen MR) is 119 cm³/mol. The third-order valence-electron chi connectivity index (χ3n) is 6.19. The normalized spacial score (nSPS) is 19.6. The lowest BCUT2D eigenvalue weighted by Crippen LogP contribution is -2.68. The maximum atomic E-state index is 15.4. The number of alkyl halides is 2. The fraction of sp³-hybridized carbons (Fsp3) is 0.375. The quantitative estimate of drug-likeness (QED) is 0.640. The van der Waals surface area contributed by atoms with Gasteiger partial charge >= 0.3 is 12.0 Å². The Morgan fingerprint density at radius 1 is 1.03 bits per heavy atom. The number of carbonyl (C=O) groups is 3. The number of anilines is 1. The Kier molecular flexibility index (Phi) is 6.90. The van der Waals surface area contributed by atoms with E-state index < -0.39 is 53.1 Å². The van der Waals surface area contributed by atoms with Crippen LogP contribution in [0, 0.1) is 18.6 Å². The average molecular weight is 509 g/mol. The molecule has 12 heteroatoms. The fourth-order valence-electron chi connectivity index (χ4n) is 4.38. The largest absolute Gasteiger partial charge is 0.453 e. The molecule has 0 saturated carbocycles. The summed E-state index contributed by atoms with van der Waals surface area (Å²) in [7, 11) is 1.18. The fourth-order valence-corrected chi connectivity index (χ4v) is 4.38. The van der Waals surface area contributed by atoms with Crippen LogP contribution in [0.15, 0.2) is 36.4 Å². The molecule has 2 saturated heterocycles. The van der Waals surface area contributed by atoms with Crippen LogP contribution in [0.3, 0.4) is 0 Å². The summed E-state index contributed by atoms with van der Waals surface area (Å²) in [5, 5.41) is 2.44. The minimum atomic E-state index is -4.31. The highest BCUT2D eigenvalue weighted by molar-refractivity contribution is 6.04. The number of aryl methyl sites for hydroxylation is 1. The number of halogens is 4. The highest BCUT2D eigenvalue weighted by atomic mass is 19.3. The van der Waals surface area contributed by atoms with E-state index in [0.29, 0.717) is 12.1 Å². The van der Waals surface area contributed by atoms with E-state index in [1.165, 1.54) is 31.1 Å². The number of methoxy groups -OCH3 is 1. The summed E-state index contributed by atoms with van der Waals surface area (Å²) in [6.07, 6.45) is -0.660. The van der Waals surface area contributed by atoms with Crippen LogP contribution in [-0.2, 0) is 20.2 Å². The van der Waals surface area contributed by atoms with Crippen molar-refractivity contribution in [3.8, 4) is 0 Å². The molecule has 0 aliphatic carbocycles. The average Bonchev–Trinajstić information content (AvgIpc) is 2.84. The van der Waals surface area contributed by atoms with Gasteiger partial charge in [-0.05, 0) is 48.9 Å². The second-order valence-corrected chi connectivity index (χ2v) is 8.62. The summed E-state index contributed by atoms with van der Waals surface area (Å²) in [5.41, 5.74) is -1.11. The number of nitrogens with zero attached hydrogens (tertiary/aromatic N) is 2. The summed E-state index contributed by atoms with van der Waals surface area (Å²) in [4.78, 5) is 39.8. The second-order valence-electron chi connectivity index (χ2n) is 8.62. The summed E-state index contributed by atoms with van der Waals surface area (Å²) in [5.74, 6) is -8.66. The van der Waals surface area contributed by atoms with Gasteiger partial charge < -0.3 is 24.6 Å². The number of rotatable bonds is 4. The number of ether oxygens (including phenoxy) is 2. The van der Waals surface area contributed by atoms with Crippen molar-refractivity contribution < 1.29 is 41.4 Å². The van der Waals surface area contributed by atoms with Crippen molar-refractivity contribution in [3.63, 3.8) is 0 Å². The monoisotopic (exact) mass is 509 g/mol. The third-order valence-corrected chi connectivity index (χ3v) is 6.19. The van der Waals surface area contributed by atoms with Gasteiger partial charge in [-0.15, -0.1) is 0 Å². The first-order valence-electron chi connectivity index (χ1n) is 11.0. The van der Waals surface area contributed by atoms with Crippen molar-refractivity contribution in [2.45, 2.75) is 24.9 Å². The molecule has 192 valence electrons. The van der Waals surface area contributed by atoms with E-state index in [4.69, 9.17) is 4.74 Å². The first-order valence-corrected chi connectivity index (χ1v) is 11.0. The molecule has 2 aliphatic heterocycles. The summed E-state index contributed by atoms with van der Waals surface area (Å²) in [6, 6.07) is 4.31. The summed E-state index contributed by atoms with van der Waals surface area (Å²) in [6.45, 7) is 1.13. The van der Waals surface area contributed by atoms with Crippen molar-refractivity contribution in [3.05, 3.63) is 64.7 Å². The number of piperazine rings is 1. The van der Waals surface area contributed by atoms with Crippen LogP contribution in [-0.4, -0.2) is 73.2 Å². The van der Waals surface area contributed by atoms with E-state index >= 15 is 8.78 Å². The SMILES string of the molecule is COC(=O)N1C[C@H]2COC[C@@H](C1)N2C(=O)C(F)(F)c1cc(C(=O)Nc2ccc(F)c(C)c2)ccc1F. The van der Waals surface area contributed by atoms with Crippen molar-refractivity contribution in [1.29, 1.82) is 0 Å². The maximum absolute atomic E-state index is 15.4. The second kappa shape index (κ2) is 9.76. The van der Waals surface area contributed by atoms with Crippen molar-refractivity contribution in [1.82, 2.24) is 9.80 Å². The Labute approximate surface area is 203 Å². The van der Waals surface area contributed by atoms with E-state index in [9.17, 15) is 23.2 Å². The van der Waals surface area contributed by atoms with E-state index in [0.717, 1.165) is 17.0 Å². The molecule has 2 aromatic rings. The van der Waals surface area contributed by atoms with E-state index in [-0.39, 0.29) is 43.1 Å². The lowest BCUT2D eigenvalue weighted by molar-refractivity contribution is -0.180. The van der Waals surface area contributed by atoms with Gasteiger partial charge in [0, 0.05) is 24.3 Å². The van der Waals surface area contributed by atoms with Crippen molar-refractivity contribution in [2.24, 2.45) is 0 Å². The molecule has 2 aromatic carbocycles. The van der Waals surface area contributed by atoms with Crippen LogP contribution in [0.4, 0.5) is 28.0 Å². The van der Waals surface area contributed by atoms with Gasteiger partial charge in [0.25, 0.3) is 11.8 Å². The molecule has 0 spiro atoms. The van der Waals surface area contributed by atoms with Crippen LogP contribution in [0.1, 0.15) is 21.5 Å². The highest BCUT2D eigenvalue weighted by Gasteiger charge is 2.53. The standard InChI is InChI=1S/C24H23F4N3O5/c1-13-7-15(4-6-19(13)25)29-21(32)14-3-5-20(26)18(8-14)24(27,28)22(33)31-16-9-30(23(34)35-2)10-17(31)12-36-11-16/h3-8,16-17H,9-12H2,1-2H3,(H,29,32)/t16-,17+. The number of benzene rings is 2. The molecule has 0 aromatic heterocycles. The van der Waals surface area contributed by atoms with Gasteiger partial charge in [0.05, 0.1) is 38.0 Å². The van der Waals surface area contributed by atoms with E-state index in [2.05, 4.69) is 10.1 Å². The zero-order valence-corrected chi connectivity index (χ0v) is 19.4. The van der Waals surface area contributed by atoms with Crippen LogP contribution in [0.5, 0.6) is 0 Å². The minimum absolute atomic E-state index is 0.0895. The first kappa shape index (κ1) is 25.4. The molecule has 3 amide bonds. The molecule has 4 rings (SSSR count). The van der Waals surface area contributed by atoms with Crippen molar-refractivity contribution in [2.75, 3.05) is 38.7 Å². The van der Waals surface area contributed by atoms with Crippen LogP contribution in [0.2, 0.25) is 0 Å². The maximum Gasteiger partial charge on any atom is 0.409 e. The summed E-state index contributed by atoms with van der Waals surface area (Å²) >= 11 is 0. The Morgan fingerprint density at radius 3 is 2.28 bits per heavy atom. The number of carbonyl (C=O) groups excluding carboxylic acids is 3. The van der Waals surface area contributed by atoms with Gasteiger partial charge in [-0.3, -0.25) is 9.59 Å². The molecule has 1 N–H and O–H groups in total. The Morgan fingerprint density at radius 2 is 1.67 bits per heavy atom. The molecule has 0 unspecified atom stereocenters. The van der Waals surface area contributed by atoms with Gasteiger partial charge in [0.15, 0.2) is 0 Å². The van der Waals surface area contributed by atoms with Gasteiger partial charge in [0.1, 0.15) is 11.6 Å². The van der Waals surface area contributed by atoms with Crippen molar-refractivity contribution >= 4 is 23.6 Å². The molecular formula is C24H23F4N3O5. The van der Waals surface area contributed by atoms with E-state index in [1.807, 2.05) is 0 Å². The zero-order valence-electron chi connectivity index (χ0n) is 19.4. The first-order chi connectivity index (χ1) is 17.0. The molecular weight excluding hydrogens is 486 g/mol. The molecule has 8 nitrogen and oxygen atoms in total. The van der Waals surface area contributed by atoms with Gasteiger partial charge in [0.2, 0.25) is 0 Å². The Hall–Kier alpha value is -3.67. The zero-order chi connectivity index (χ0) is 26.2. The number of amides is 3. The minimum Gasteiger partial charge on any atom is -0.453 e. The molecule has 0 radical (unpaired) electrons. The van der Waals surface area contributed by atoms with Gasteiger partial charge in [-0.1, -0.05) is 0 Å². The molecule has 2 aliphatic rings. The Bertz CT molecular complexity index is 1190. The number of fused-ring (bicyclic) bond motifs is 2. The highest BCUT2D eigenvalue weighted by Crippen LogP contribution is 2.36. The Balaban J connectivity index is 1.58. The van der Waals surface area contributed by atoms with Crippen LogP contribution < -0.4 is 5.32 Å². The smallest absolute Gasteiger partial charge is 0.409 e. The molecule has 2 atom stereocenters. The lowest BCUT2D eigenvalue weighted by atomic mass is 9.98. The number of hydrogen-bond donors (Lipinski definition) is 1. The number of morpholine rings is 1. The van der Waals surface area contributed by atoms with E-state index in [1.54, 1.807) is 0 Å². The van der Waals surface area contributed by atoms with Gasteiger partial charge in [-0.2, -0.15) is 8.78 Å². The third kappa shape index (κ3) is 4.72. The van der Waals surface area contributed by atoms with Crippen LogP contribution in [0.25, 0.3) is 0 Å². The van der Waals surface area contributed by atoms with Crippen LogP contribution >= 0.6 is 0 Å². The number of hydrogen-bond acceptors (Lipinski definition) is 5. The lowest BCUT2D eigenvalue weighted by Gasteiger charge is -2.49. The molecule has 2 bridgehead atoms. The topological polar surface area (TPSA) is 88.2 Å². The number of nitrogens with one attached hydrogen (secondary N) is 1.